The van der Waals surface area contributed by atoms with Gasteiger partial charge in [-0.3, -0.25) is 0 Å². The Balaban J connectivity index is 1.97. The summed E-state index contributed by atoms with van der Waals surface area (Å²) in [6.45, 7) is 0. The second kappa shape index (κ2) is 3.25. The standard InChI is InChI=1S/C11H15/c1-2-6-10(7-3-1)11-8-4-5-9-11/h4-5,11H,1-3,6,8-9H2. The van der Waals surface area contributed by atoms with E-state index >= 15 is 0 Å². The van der Waals surface area contributed by atoms with Crippen LogP contribution in [0.5, 0.6) is 0 Å². The minimum atomic E-state index is 0.843. The molecule has 0 fully saturated rings. The van der Waals surface area contributed by atoms with E-state index in [9.17, 15) is 0 Å². The van der Waals surface area contributed by atoms with Crippen molar-refractivity contribution in [1.29, 1.82) is 0 Å². The highest BCUT2D eigenvalue weighted by Gasteiger charge is 2.16. The zero-order chi connectivity index (χ0) is 7.52. The zero-order valence-electron chi connectivity index (χ0n) is 6.97. The van der Waals surface area contributed by atoms with Crippen LogP contribution >= 0.6 is 0 Å². The van der Waals surface area contributed by atoms with E-state index in [1.54, 1.807) is 5.57 Å². The summed E-state index contributed by atoms with van der Waals surface area (Å²) < 4.78 is 0. The van der Waals surface area contributed by atoms with Crippen LogP contribution < -0.4 is 0 Å². The van der Waals surface area contributed by atoms with E-state index in [1.807, 2.05) is 0 Å². The molecule has 0 atom stereocenters. The molecule has 0 unspecified atom stereocenters. The summed E-state index contributed by atoms with van der Waals surface area (Å²) in [4.78, 5) is 0. The molecular formula is C11H15. The van der Waals surface area contributed by atoms with Crippen molar-refractivity contribution in [3.8, 4) is 0 Å². The number of hydrogen-bond acceptors (Lipinski definition) is 0. The first-order chi connectivity index (χ1) is 5.47. The van der Waals surface area contributed by atoms with Gasteiger partial charge in [0.25, 0.3) is 0 Å². The summed E-state index contributed by atoms with van der Waals surface area (Å²) in [5.74, 6) is 0.843. The Morgan fingerprint density at radius 3 is 2.64 bits per heavy atom. The highest BCUT2D eigenvalue weighted by atomic mass is 14.2. The molecule has 2 aliphatic carbocycles. The third kappa shape index (κ3) is 1.55. The predicted molar refractivity (Wildman–Crippen MR) is 47.1 cm³/mol. The molecule has 0 aromatic carbocycles. The van der Waals surface area contributed by atoms with Crippen LogP contribution in [-0.4, -0.2) is 0 Å². The molecule has 0 aromatic heterocycles. The summed E-state index contributed by atoms with van der Waals surface area (Å²) in [6, 6.07) is 0. The lowest BCUT2D eigenvalue weighted by Crippen LogP contribution is -2.03. The third-order valence-electron chi connectivity index (χ3n) is 2.73. The minimum Gasteiger partial charge on any atom is -0.0879 e. The molecule has 0 nitrogen and oxygen atoms in total. The first-order valence-corrected chi connectivity index (χ1v) is 4.71. The molecule has 0 aliphatic heterocycles. The van der Waals surface area contributed by atoms with E-state index in [-0.39, 0.29) is 0 Å². The van der Waals surface area contributed by atoms with Gasteiger partial charge < -0.3 is 0 Å². The van der Waals surface area contributed by atoms with Crippen molar-refractivity contribution >= 4 is 0 Å². The SMILES string of the molecule is [C]1=C(C2CC=CC2)CCCC1. The van der Waals surface area contributed by atoms with E-state index in [0.717, 1.165) is 5.92 Å². The van der Waals surface area contributed by atoms with Crippen molar-refractivity contribution in [3.63, 3.8) is 0 Å². The Hall–Kier alpha value is -0.520. The lowest BCUT2D eigenvalue weighted by atomic mass is 9.88. The monoisotopic (exact) mass is 147 g/mol. The molecule has 1 radical (unpaired) electrons. The molecular weight excluding hydrogens is 132 g/mol. The first-order valence-electron chi connectivity index (χ1n) is 4.71. The Kier molecular flexibility index (Phi) is 2.11. The van der Waals surface area contributed by atoms with Gasteiger partial charge in [-0.05, 0) is 50.5 Å². The van der Waals surface area contributed by atoms with Gasteiger partial charge in [-0.15, -0.1) is 0 Å². The number of allylic oxidation sites excluding steroid dienone is 4. The molecule has 11 heavy (non-hydrogen) atoms. The fraction of sp³-hybridized carbons (Fsp3) is 0.636. The van der Waals surface area contributed by atoms with Crippen molar-refractivity contribution in [2.24, 2.45) is 5.92 Å². The molecule has 0 aromatic rings. The lowest BCUT2D eigenvalue weighted by molar-refractivity contribution is 0.570. The van der Waals surface area contributed by atoms with Gasteiger partial charge in [0.1, 0.15) is 0 Å². The van der Waals surface area contributed by atoms with E-state index in [0.29, 0.717) is 0 Å². The average molecular weight is 147 g/mol. The van der Waals surface area contributed by atoms with Crippen molar-refractivity contribution in [2.45, 2.75) is 38.5 Å². The molecule has 0 saturated heterocycles. The molecule has 0 bridgehead atoms. The molecule has 2 aliphatic rings. The van der Waals surface area contributed by atoms with Crippen LogP contribution in [0.25, 0.3) is 0 Å². The summed E-state index contributed by atoms with van der Waals surface area (Å²) in [5.41, 5.74) is 1.63. The van der Waals surface area contributed by atoms with E-state index in [2.05, 4.69) is 18.2 Å². The minimum absolute atomic E-state index is 0.843. The molecule has 0 heteroatoms. The normalized spacial score (nSPS) is 25.6. The molecule has 0 amide bonds. The van der Waals surface area contributed by atoms with Gasteiger partial charge in [0.05, 0.1) is 0 Å². The van der Waals surface area contributed by atoms with Crippen molar-refractivity contribution < 1.29 is 0 Å². The quantitative estimate of drug-likeness (QED) is 0.499. The van der Waals surface area contributed by atoms with E-state index in [4.69, 9.17) is 0 Å². The first kappa shape index (κ1) is 7.15. The Labute approximate surface area is 69.0 Å². The summed E-state index contributed by atoms with van der Waals surface area (Å²) in [6.07, 6.45) is 16.0. The molecule has 0 spiro atoms. The van der Waals surface area contributed by atoms with Crippen LogP contribution in [0.2, 0.25) is 0 Å². The predicted octanol–water partition coefficient (Wildman–Crippen LogP) is 3.26. The maximum absolute atomic E-state index is 3.54. The molecule has 0 saturated carbocycles. The van der Waals surface area contributed by atoms with E-state index < -0.39 is 0 Å². The van der Waals surface area contributed by atoms with Crippen molar-refractivity contribution in [2.75, 3.05) is 0 Å². The van der Waals surface area contributed by atoms with Gasteiger partial charge in [0, 0.05) is 0 Å². The van der Waals surface area contributed by atoms with Gasteiger partial charge in [0.2, 0.25) is 0 Å². The van der Waals surface area contributed by atoms with Crippen LogP contribution in [0.4, 0.5) is 0 Å². The van der Waals surface area contributed by atoms with Crippen LogP contribution in [0.15, 0.2) is 17.7 Å². The second-order valence-corrected chi connectivity index (χ2v) is 3.55. The Morgan fingerprint density at radius 1 is 1.18 bits per heavy atom. The number of rotatable bonds is 1. The third-order valence-corrected chi connectivity index (χ3v) is 2.73. The average Bonchev–Trinajstić information content (AvgIpc) is 2.58. The maximum atomic E-state index is 3.54. The molecule has 2 rings (SSSR count). The van der Waals surface area contributed by atoms with Gasteiger partial charge in [0.15, 0.2) is 0 Å². The smallest absolute Gasteiger partial charge is 0.0128 e. The fourth-order valence-corrected chi connectivity index (χ4v) is 2.03. The van der Waals surface area contributed by atoms with Crippen molar-refractivity contribution in [3.05, 3.63) is 23.8 Å². The maximum Gasteiger partial charge on any atom is -0.0128 e. The Bertz CT molecular complexity index is 178. The highest BCUT2D eigenvalue weighted by Crippen LogP contribution is 2.31. The second-order valence-electron chi connectivity index (χ2n) is 3.55. The highest BCUT2D eigenvalue weighted by molar-refractivity contribution is 5.12. The zero-order valence-corrected chi connectivity index (χ0v) is 6.97. The molecule has 59 valence electrons. The van der Waals surface area contributed by atoms with Gasteiger partial charge in [-0.2, -0.15) is 0 Å². The fourth-order valence-electron chi connectivity index (χ4n) is 2.03. The van der Waals surface area contributed by atoms with Crippen molar-refractivity contribution in [1.82, 2.24) is 0 Å². The summed E-state index contributed by atoms with van der Waals surface area (Å²) in [7, 11) is 0. The van der Waals surface area contributed by atoms with Crippen LogP contribution in [0.1, 0.15) is 38.5 Å². The van der Waals surface area contributed by atoms with Crippen LogP contribution in [0, 0.1) is 12.0 Å². The topological polar surface area (TPSA) is 0 Å². The van der Waals surface area contributed by atoms with Crippen LogP contribution in [0.3, 0.4) is 0 Å². The van der Waals surface area contributed by atoms with Gasteiger partial charge in [-0.1, -0.05) is 17.7 Å². The largest absolute Gasteiger partial charge is 0.0879 e. The van der Waals surface area contributed by atoms with Gasteiger partial charge in [-0.25, -0.2) is 0 Å². The van der Waals surface area contributed by atoms with Gasteiger partial charge >= 0.3 is 0 Å². The molecule has 0 heterocycles. The lowest BCUT2D eigenvalue weighted by Gasteiger charge is -2.17. The van der Waals surface area contributed by atoms with Crippen LogP contribution in [-0.2, 0) is 0 Å². The molecule has 0 N–H and O–H groups in total. The Morgan fingerprint density at radius 2 is 2.00 bits per heavy atom. The summed E-state index contributed by atoms with van der Waals surface area (Å²) >= 11 is 0. The summed E-state index contributed by atoms with van der Waals surface area (Å²) in [5, 5.41) is 0. The number of hydrogen-bond donors (Lipinski definition) is 0. The van der Waals surface area contributed by atoms with E-state index in [1.165, 1.54) is 38.5 Å².